The Bertz CT molecular complexity index is 936. The number of anilines is 1. The van der Waals surface area contributed by atoms with Crippen molar-refractivity contribution in [2.45, 2.75) is 51.7 Å². The molecule has 0 bridgehead atoms. The van der Waals surface area contributed by atoms with Gasteiger partial charge in [-0.1, -0.05) is 24.4 Å². The Labute approximate surface area is 169 Å². The van der Waals surface area contributed by atoms with Crippen molar-refractivity contribution in [1.82, 2.24) is 15.1 Å². The summed E-state index contributed by atoms with van der Waals surface area (Å²) in [6.07, 6.45) is 7.77. The molecule has 1 aromatic carbocycles. The fourth-order valence-electron chi connectivity index (χ4n) is 3.68. The van der Waals surface area contributed by atoms with Crippen LogP contribution in [0.2, 0.25) is 0 Å². The third-order valence-corrected chi connectivity index (χ3v) is 5.17. The van der Waals surface area contributed by atoms with Gasteiger partial charge >= 0.3 is 0 Å². The summed E-state index contributed by atoms with van der Waals surface area (Å²) in [5.41, 5.74) is 2.82. The highest BCUT2D eigenvalue weighted by atomic mass is 19.1. The van der Waals surface area contributed by atoms with Gasteiger partial charge in [0.2, 0.25) is 5.95 Å². The number of benzene rings is 1. The summed E-state index contributed by atoms with van der Waals surface area (Å²) in [5.74, 6) is 0.894. The third-order valence-electron chi connectivity index (χ3n) is 5.17. The van der Waals surface area contributed by atoms with E-state index in [-0.39, 0.29) is 12.4 Å². The predicted octanol–water partition coefficient (Wildman–Crippen LogP) is 5.22. The molecule has 0 atom stereocenters. The van der Waals surface area contributed by atoms with Crippen LogP contribution in [-0.4, -0.2) is 27.8 Å². The van der Waals surface area contributed by atoms with E-state index in [4.69, 9.17) is 14.2 Å². The smallest absolute Gasteiger partial charge is 0.223 e. The van der Waals surface area contributed by atoms with Crippen LogP contribution in [0.1, 0.15) is 44.8 Å². The summed E-state index contributed by atoms with van der Waals surface area (Å²) in [6.45, 7) is 2.77. The molecule has 152 valence electrons. The standard InChI is InChI=1S/C22H25FN4O2/c1-2-28-14-19-20(21(27-29-19)15-8-10-16(23)11-9-15)18-12-13-24-22(26-18)25-17-6-4-3-5-7-17/h8-13,17H,2-7,14H2,1H3,(H,24,25,26). The van der Waals surface area contributed by atoms with Crippen molar-refractivity contribution in [2.24, 2.45) is 0 Å². The van der Waals surface area contributed by atoms with Crippen molar-refractivity contribution in [3.05, 3.63) is 48.1 Å². The molecule has 1 fully saturated rings. The van der Waals surface area contributed by atoms with Gasteiger partial charge in [0, 0.05) is 24.4 Å². The lowest BCUT2D eigenvalue weighted by Crippen LogP contribution is -2.23. The molecule has 3 aromatic rings. The van der Waals surface area contributed by atoms with Gasteiger partial charge in [-0.15, -0.1) is 0 Å². The first-order valence-electron chi connectivity index (χ1n) is 10.2. The van der Waals surface area contributed by atoms with Gasteiger partial charge in [-0.3, -0.25) is 0 Å². The molecule has 4 rings (SSSR count). The van der Waals surface area contributed by atoms with E-state index in [0.717, 1.165) is 24.0 Å². The zero-order valence-corrected chi connectivity index (χ0v) is 16.5. The van der Waals surface area contributed by atoms with Gasteiger partial charge in [0.15, 0.2) is 5.76 Å². The molecule has 1 saturated carbocycles. The maximum atomic E-state index is 13.4. The van der Waals surface area contributed by atoms with Gasteiger partial charge in [-0.05, 0) is 50.1 Å². The monoisotopic (exact) mass is 396 g/mol. The Morgan fingerprint density at radius 3 is 2.69 bits per heavy atom. The second-order valence-corrected chi connectivity index (χ2v) is 7.22. The highest BCUT2D eigenvalue weighted by Gasteiger charge is 2.22. The molecular formula is C22H25FN4O2. The molecule has 0 unspecified atom stereocenters. The molecule has 0 radical (unpaired) electrons. The van der Waals surface area contributed by atoms with Crippen LogP contribution in [0.15, 0.2) is 41.1 Å². The van der Waals surface area contributed by atoms with Crippen molar-refractivity contribution in [2.75, 3.05) is 11.9 Å². The lowest BCUT2D eigenvalue weighted by atomic mass is 9.96. The second-order valence-electron chi connectivity index (χ2n) is 7.22. The van der Waals surface area contributed by atoms with Crippen LogP contribution in [0.4, 0.5) is 10.3 Å². The van der Waals surface area contributed by atoms with Crippen molar-refractivity contribution in [1.29, 1.82) is 0 Å². The normalized spacial score (nSPS) is 14.8. The quantitative estimate of drug-likeness (QED) is 0.590. The Morgan fingerprint density at radius 1 is 1.14 bits per heavy atom. The number of ether oxygens (including phenoxy) is 1. The number of hydrogen-bond donors (Lipinski definition) is 1. The van der Waals surface area contributed by atoms with E-state index in [1.54, 1.807) is 18.3 Å². The summed E-state index contributed by atoms with van der Waals surface area (Å²) >= 11 is 0. The fraction of sp³-hybridized carbons (Fsp3) is 0.409. The molecular weight excluding hydrogens is 371 g/mol. The Hall–Kier alpha value is -2.80. The lowest BCUT2D eigenvalue weighted by molar-refractivity contribution is 0.113. The zero-order valence-electron chi connectivity index (χ0n) is 16.5. The van der Waals surface area contributed by atoms with Gasteiger partial charge in [-0.25, -0.2) is 14.4 Å². The van der Waals surface area contributed by atoms with Crippen LogP contribution in [-0.2, 0) is 11.3 Å². The van der Waals surface area contributed by atoms with E-state index in [9.17, 15) is 4.39 Å². The molecule has 0 saturated heterocycles. The maximum absolute atomic E-state index is 13.4. The molecule has 0 spiro atoms. The number of rotatable bonds is 7. The SMILES string of the molecule is CCOCc1onc(-c2ccc(F)cc2)c1-c1ccnc(NC2CCCCC2)n1. The van der Waals surface area contributed by atoms with Gasteiger partial charge in [0.1, 0.15) is 18.1 Å². The van der Waals surface area contributed by atoms with E-state index in [0.29, 0.717) is 35.7 Å². The van der Waals surface area contributed by atoms with Gasteiger partial charge in [-0.2, -0.15) is 0 Å². The average molecular weight is 396 g/mol. The van der Waals surface area contributed by atoms with E-state index in [1.807, 2.05) is 13.0 Å². The molecule has 0 amide bonds. The Kier molecular flexibility index (Phi) is 6.14. The molecule has 1 aliphatic rings. The minimum absolute atomic E-state index is 0.287. The largest absolute Gasteiger partial charge is 0.374 e. The molecule has 7 heteroatoms. The summed E-state index contributed by atoms with van der Waals surface area (Å²) in [5, 5.41) is 7.69. The molecule has 2 aromatic heterocycles. The Morgan fingerprint density at radius 2 is 1.93 bits per heavy atom. The summed E-state index contributed by atoms with van der Waals surface area (Å²) in [4.78, 5) is 9.13. The average Bonchev–Trinajstić information content (AvgIpc) is 3.17. The lowest BCUT2D eigenvalue weighted by Gasteiger charge is -2.22. The topological polar surface area (TPSA) is 73.1 Å². The van der Waals surface area contributed by atoms with Gasteiger partial charge in [0.25, 0.3) is 0 Å². The fourth-order valence-corrected chi connectivity index (χ4v) is 3.68. The summed E-state index contributed by atoms with van der Waals surface area (Å²) in [7, 11) is 0. The number of nitrogens with one attached hydrogen (secondary N) is 1. The second kappa shape index (κ2) is 9.13. The first-order valence-corrected chi connectivity index (χ1v) is 10.2. The molecule has 0 aliphatic heterocycles. The minimum Gasteiger partial charge on any atom is -0.374 e. The van der Waals surface area contributed by atoms with Crippen molar-refractivity contribution in [3.63, 3.8) is 0 Å². The van der Waals surface area contributed by atoms with Crippen LogP contribution in [0.25, 0.3) is 22.5 Å². The molecule has 1 aliphatic carbocycles. The van der Waals surface area contributed by atoms with Crippen LogP contribution >= 0.6 is 0 Å². The molecule has 2 heterocycles. The van der Waals surface area contributed by atoms with Crippen molar-refractivity contribution < 1.29 is 13.7 Å². The van der Waals surface area contributed by atoms with E-state index >= 15 is 0 Å². The number of nitrogens with zero attached hydrogens (tertiary/aromatic N) is 3. The molecule has 1 N–H and O–H groups in total. The van der Waals surface area contributed by atoms with E-state index < -0.39 is 0 Å². The first-order chi connectivity index (χ1) is 14.2. The van der Waals surface area contributed by atoms with Crippen LogP contribution in [0.3, 0.4) is 0 Å². The van der Waals surface area contributed by atoms with E-state index in [1.165, 1.54) is 31.4 Å². The zero-order chi connectivity index (χ0) is 20.1. The number of aromatic nitrogens is 3. The molecule has 6 nitrogen and oxygen atoms in total. The van der Waals surface area contributed by atoms with Crippen LogP contribution in [0, 0.1) is 5.82 Å². The van der Waals surface area contributed by atoms with Crippen LogP contribution < -0.4 is 5.32 Å². The van der Waals surface area contributed by atoms with Gasteiger partial charge < -0.3 is 14.6 Å². The predicted molar refractivity (Wildman–Crippen MR) is 109 cm³/mol. The highest BCUT2D eigenvalue weighted by Crippen LogP contribution is 2.34. The minimum atomic E-state index is -0.297. The van der Waals surface area contributed by atoms with Crippen molar-refractivity contribution in [3.8, 4) is 22.5 Å². The van der Waals surface area contributed by atoms with Crippen molar-refractivity contribution >= 4 is 5.95 Å². The Balaban J connectivity index is 1.69. The summed E-state index contributed by atoms with van der Waals surface area (Å²) < 4.78 is 24.5. The van der Waals surface area contributed by atoms with Crippen LogP contribution in [0.5, 0.6) is 0 Å². The third kappa shape index (κ3) is 4.62. The first kappa shape index (κ1) is 19.5. The maximum Gasteiger partial charge on any atom is 0.223 e. The number of halogens is 1. The molecule has 29 heavy (non-hydrogen) atoms. The highest BCUT2D eigenvalue weighted by molar-refractivity contribution is 5.80. The number of hydrogen-bond acceptors (Lipinski definition) is 6. The summed E-state index contributed by atoms with van der Waals surface area (Å²) in [6, 6.07) is 8.42. The van der Waals surface area contributed by atoms with E-state index in [2.05, 4.69) is 15.5 Å². The van der Waals surface area contributed by atoms with Gasteiger partial charge in [0.05, 0.1) is 11.3 Å².